The van der Waals surface area contributed by atoms with Crippen molar-refractivity contribution < 1.29 is 14.4 Å². The number of likely N-dealkylation sites (N-methyl/N-ethyl adjacent to an activating group) is 1. The number of hydrogen-bond acceptors (Lipinski definition) is 5. The molecule has 5 rings (SSSR count). The Morgan fingerprint density at radius 3 is 2.52 bits per heavy atom. The quantitative estimate of drug-likeness (QED) is 0.468. The molecule has 2 fully saturated rings. The van der Waals surface area contributed by atoms with Gasteiger partial charge in [-0.1, -0.05) is 66.5 Å². The number of rotatable bonds is 5. The first-order chi connectivity index (χ1) is 18.9. The SMILES string of the molecule is CN1CCN(C(=O)CNC(=O)[C@@H]2N[C@H](CC(C)(C)C)[C@]3(C(=O)Nc4cc(Cl)ccc43)[C@H]2c2cccc(Br)c2)CC1. The summed E-state index contributed by atoms with van der Waals surface area (Å²) in [5.41, 5.74) is 1.17. The topological polar surface area (TPSA) is 93.8 Å². The van der Waals surface area contributed by atoms with E-state index in [0.717, 1.165) is 28.7 Å². The third-order valence-corrected chi connectivity index (χ3v) is 9.11. The number of piperazine rings is 1. The largest absolute Gasteiger partial charge is 0.346 e. The average Bonchev–Trinajstić information content (AvgIpc) is 3.36. The predicted octanol–water partition coefficient (Wildman–Crippen LogP) is 3.74. The molecule has 0 unspecified atom stereocenters. The highest BCUT2D eigenvalue weighted by molar-refractivity contribution is 9.10. The fourth-order valence-corrected chi connectivity index (χ4v) is 7.15. The lowest BCUT2D eigenvalue weighted by atomic mass is 9.62. The Balaban J connectivity index is 1.54. The van der Waals surface area contributed by atoms with Gasteiger partial charge < -0.3 is 25.8 Å². The minimum Gasteiger partial charge on any atom is -0.346 e. The number of anilines is 1. The number of nitrogens with one attached hydrogen (secondary N) is 3. The van der Waals surface area contributed by atoms with Gasteiger partial charge in [-0.3, -0.25) is 14.4 Å². The molecule has 40 heavy (non-hydrogen) atoms. The van der Waals surface area contributed by atoms with Crippen molar-refractivity contribution in [2.45, 2.75) is 50.6 Å². The Morgan fingerprint density at radius 2 is 1.85 bits per heavy atom. The second kappa shape index (κ2) is 11.1. The van der Waals surface area contributed by atoms with Crippen molar-refractivity contribution in [2.24, 2.45) is 5.41 Å². The summed E-state index contributed by atoms with van der Waals surface area (Å²) in [6.07, 6.45) is 0.650. The molecule has 3 N–H and O–H groups in total. The average molecular weight is 631 g/mol. The molecule has 0 radical (unpaired) electrons. The number of fused-ring (bicyclic) bond motifs is 2. The molecule has 0 aromatic heterocycles. The summed E-state index contributed by atoms with van der Waals surface area (Å²) < 4.78 is 0.860. The van der Waals surface area contributed by atoms with E-state index in [4.69, 9.17) is 11.6 Å². The normalized spacial score (nSPS) is 26.6. The van der Waals surface area contributed by atoms with Gasteiger partial charge in [0.15, 0.2) is 0 Å². The Bertz CT molecular complexity index is 1320. The molecule has 10 heteroatoms. The highest BCUT2D eigenvalue weighted by Gasteiger charge is 2.65. The molecule has 214 valence electrons. The van der Waals surface area contributed by atoms with Crippen LogP contribution in [0.4, 0.5) is 5.69 Å². The van der Waals surface area contributed by atoms with Gasteiger partial charge in [-0.15, -0.1) is 0 Å². The molecule has 0 bridgehead atoms. The van der Waals surface area contributed by atoms with Gasteiger partial charge in [0.25, 0.3) is 0 Å². The van der Waals surface area contributed by atoms with E-state index < -0.39 is 17.4 Å². The van der Waals surface area contributed by atoms with Crippen LogP contribution in [0.25, 0.3) is 0 Å². The van der Waals surface area contributed by atoms with Gasteiger partial charge >= 0.3 is 0 Å². The van der Waals surface area contributed by atoms with Crippen molar-refractivity contribution in [3.63, 3.8) is 0 Å². The van der Waals surface area contributed by atoms with E-state index in [-0.39, 0.29) is 35.7 Å². The van der Waals surface area contributed by atoms with Crippen molar-refractivity contribution in [1.29, 1.82) is 0 Å². The lowest BCUT2D eigenvalue weighted by molar-refractivity contribution is -0.134. The lowest BCUT2D eigenvalue weighted by Crippen LogP contribution is -2.52. The number of nitrogens with zero attached hydrogens (tertiary/aromatic N) is 2. The molecule has 1 spiro atoms. The molecular formula is C30H37BrClN5O3. The number of halogens is 2. The van der Waals surface area contributed by atoms with Crippen LogP contribution in [0.1, 0.15) is 44.2 Å². The van der Waals surface area contributed by atoms with Gasteiger partial charge in [-0.25, -0.2) is 0 Å². The molecular weight excluding hydrogens is 594 g/mol. The van der Waals surface area contributed by atoms with Gasteiger partial charge in [0.1, 0.15) is 5.41 Å². The molecule has 0 aliphatic carbocycles. The van der Waals surface area contributed by atoms with Crippen molar-refractivity contribution in [1.82, 2.24) is 20.4 Å². The zero-order valence-electron chi connectivity index (χ0n) is 23.4. The predicted molar refractivity (Wildman–Crippen MR) is 161 cm³/mol. The number of hydrogen-bond donors (Lipinski definition) is 3. The highest BCUT2D eigenvalue weighted by Crippen LogP contribution is 2.56. The second-order valence-electron chi connectivity index (χ2n) is 12.4. The van der Waals surface area contributed by atoms with Gasteiger partial charge in [0, 0.05) is 53.3 Å². The van der Waals surface area contributed by atoms with Crippen LogP contribution in [0.5, 0.6) is 0 Å². The molecule has 3 aliphatic heterocycles. The Hall–Kier alpha value is -2.46. The summed E-state index contributed by atoms with van der Waals surface area (Å²) in [4.78, 5) is 45.1. The van der Waals surface area contributed by atoms with Gasteiger partial charge in [0.2, 0.25) is 17.7 Å². The van der Waals surface area contributed by atoms with Gasteiger partial charge in [-0.2, -0.15) is 0 Å². The smallest absolute Gasteiger partial charge is 0.242 e. The van der Waals surface area contributed by atoms with Crippen molar-refractivity contribution in [3.05, 3.63) is 63.1 Å². The second-order valence-corrected chi connectivity index (χ2v) is 13.8. The molecule has 3 aliphatic rings. The number of benzene rings is 2. The van der Waals surface area contributed by atoms with E-state index in [1.807, 2.05) is 37.4 Å². The molecule has 3 amide bonds. The third kappa shape index (κ3) is 5.41. The molecule has 3 heterocycles. The van der Waals surface area contributed by atoms with Crippen LogP contribution in [0.2, 0.25) is 5.02 Å². The minimum atomic E-state index is -1.06. The first kappa shape index (κ1) is 29.0. The van der Waals surface area contributed by atoms with E-state index in [2.05, 4.69) is 57.6 Å². The summed E-state index contributed by atoms with van der Waals surface area (Å²) in [5, 5.41) is 10.1. The molecule has 2 aromatic rings. The fraction of sp³-hybridized carbons (Fsp3) is 0.500. The summed E-state index contributed by atoms with van der Waals surface area (Å²) in [5.74, 6) is -1.07. The van der Waals surface area contributed by atoms with Crippen LogP contribution in [0.15, 0.2) is 46.9 Å². The summed E-state index contributed by atoms with van der Waals surface area (Å²) in [7, 11) is 2.03. The first-order valence-corrected chi connectivity index (χ1v) is 14.9. The molecule has 4 atom stereocenters. The minimum absolute atomic E-state index is 0.0821. The summed E-state index contributed by atoms with van der Waals surface area (Å²) in [6.45, 7) is 9.22. The maximum atomic E-state index is 14.2. The Labute approximate surface area is 249 Å². The van der Waals surface area contributed by atoms with E-state index in [9.17, 15) is 14.4 Å². The molecule has 8 nitrogen and oxygen atoms in total. The standard InChI is InChI=1S/C30H37BrClN5O3/c1-29(2,3)16-23-30(21-9-8-20(32)15-22(21)34-28(30)40)25(18-6-5-7-19(31)14-18)26(35-23)27(39)33-17-24(38)37-12-10-36(4)11-13-37/h5-9,14-15,23,25-26,35H,10-13,16-17H2,1-4H3,(H,33,39)(H,34,40)/t23-,25+,26-,30+/m1/s1. The Morgan fingerprint density at radius 1 is 1.12 bits per heavy atom. The fourth-order valence-electron chi connectivity index (χ4n) is 6.56. The van der Waals surface area contributed by atoms with Crippen LogP contribution < -0.4 is 16.0 Å². The van der Waals surface area contributed by atoms with E-state index >= 15 is 0 Å². The summed E-state index contributed by atoms with van der Waals surface area (Å²) in [6, 6.07) is 12.2. The van der Waals surface area contributed by atoms with Gasteiger partial charge in [0.05, 0.1) is 12.6 Å². The van der Waals surface area contributed by atoms with Crippen LogP contribution >= 0.6 is 27.5 Å². The first-order valence-electron chi connectivity index (χ1n) is 13.8. The van der Waals surface area contributed by atoms with E-state index in [0.29, 0.717) is 30.2 Å². The zero-order chi connectivity index (χ0) is 28.8. The molecule has 2 aromatic carbocycles. The zero-order valence-corrected chi connectivity index (χ0v) is 25.7. The maximum Gasteiger partial charge on any atom is 0.242 e. The van der Waals surface area contributed by atoms with Crippen LogP contribution in [-0.4, -0.2) is 79.4 Å². The number of carbonyl (C=O) groups excluding carboxylic acids is 3. The Kier molecular flexibility index (Phi) is 8.05. The van der Waals surface area contributed by atoms with Crippen molar-refractivity contribution in [2.75, 3.05) is 45.1 Å². The van der Waals surface area contributed by atoms with E-state index in [1.54, 1.807) is 17.0 Å². The lowest BCUT2D eigenvalue weighted by Gasteiger charge is -2.37. The van der Waals surface area contributed by atoms with Crippen LogP contribution in [0.3, 0.4) is 0 Å². The van der Waals surface area contributed by atoms with Crippen molar-refractivity contribution in [3.8, 4) is 0 Å². The van der Waals surface area contributed by atoms with Crippen LogP contribution in [0, 0.1) is 5.41 Å². The van der Waals surface area contributed by atoms with Crippen LogP contribution in [-0.2, 0) is 19.8 Å². The molecule has 0 saturated carbocycles. The number of carbonyl (C=O) groups is 3. The van der Waals surface area contributed by atoms with E-state index in [1.165, 1.54) is 0 Å². The number of amides is 3. The third-order valence-electron chi connectivity index (χ3n) is 8.38. The highest BCUT2D eigenvalue weighted by atomic mass is 79.9. The summed E-state index contributed by atoms with van der Waals surface area (Å²) >= 11 is 9.92. The van der Waals surface area contributed by atoms with Gasteiger partial charge in [-0.05, 0) is 54.3 Å². The monoisotopic (exact) mass is 629 g/mol. The maximum absolute atomic E-state index is 14.2. The van der Waals surface area contributed by atoms with Crippen molar-refractivity contribution >= 4 is 50.9 Å². The molecule has 2 saturated heterocycles.